The number of hydrogen-bond donors (Lipinski definition) is 2. The highest BCUT2D eigenvalue weighted by molar-refractivity contribution is 6.46. The number of carbonyl (C=O) groups is 2. The van der Waals surface area contributed by atoms with Gasteiger partial charge in [0.25, 0.3) is 11.7 Å². The number of ketones is 1. The zero-order valence-electron chi connectivity index (χ0n) is 21.7. The first-order valence-electron chi connectivity index (χ1n) is 12.4. The lowest BCUT2D eigenvalue weighted by molar-refractivity contribution is -0.140. The number of aryl methyl sites for hydroxylation is 1. The van der Waals surface area contributed by atoms with Crippen LogP contribution in [0.25, 0.3) is 5.76 Å². The van der Waals surface area contributed by atoms with Crippen molar-refractivity contribution in [2.75, 3.05) is 46.5 Å². The Hall–Kier alpha value is -3.56. The van der Waals surface area contributed by atoms with Crippen LogP contribution in [-0.4, -0.2) is 84.3 Å². The number of likely N-dealkylation sites (tertiary alicyclic amines) is 1. The highest BCUT2D eigenvalue weighted by Gasteiger charge is 2.46. The molecule has 2 aromatic carbocycles. The molecule has 0 saturated carbocycles. The summed E-state index contributed by atoms with van der Waals surface area (Å²) in [6.07, 6.45) is -0.0144. The van der Waals surface area contributed by atoms with Gasteiger partial charge in [0, 0.05) is 31.7 Å². The van der Waals surface area contributed by atoms with Crippen molar-refractivity contribution in [3.63, 3.8) is 0 Å². The molecule has 2 fully saturated rings. The fourth-order valence-corrected chi connectivity index (χ4v) is 4.73. The highest BCUT2D eigenvalue weighted by Crippen LogP contribution is 2.42. The van der Waals surface area contributed by atoms with Crippen LogP contribution >= 0.6 is 0 Å². The average Bonchev–Trinajstić information content (AvgIpc) is 3.13. The van der Waals surface area contributed by atoms with Gasteiger partial charge in [-0.15, -0.1) is 0 Å². The molecular formula is C28H34N2O7. The number of aliphatic hydroxyl groups is 1. The third kappa shape index (κ3) is 5.57. The normalized spacial score (nSPS) is 20.0. The van der Waals surface area contributed by atoms with Gasteiger partial charge in [-0.2, -0.15) is 0 Å². The van der Waals surface area contributed by atoms with E-state index >= 15 is 0 Å². The number of phenols is 1. The SMILES string of the molecule is COc1cc([C@@H]2C(=C(O)c3ccc(OC(C)C)c(C)c3)C(=O)C(=O)N2CCN2CCOCC2)ccc1O. The largest absolute Gasteiger partial charge is 0.507 e. The van der Waals surface area contributed by atoms with Gasteiger partial charge in [-0.05, 0) is 62.2 Å². The molecule has 2 aromatic rings. The van der Waals surface area contributed by atoms with Crippen molar-refractivity contribution in [1.29, 1.82) is 0 Å². The molecule has 1 amide bonds. The molecule has 0 aromatic heterocycles. The molecular weight excluding hydrogens is 476 g/mol. The van der Waals surface area contributed by atoms with Crippen LogP contribution in [-0.2, 0) is 14.3 Å². The molecule has 0 radical (unpaired) electrons. The predicted octanol–water partition coefficient (Wildman–Crippen LogP) is 3.25. The Morgan fingerprint density at radius 2 is 1.81 bits per heavy atom. The molecule has 0 aliphatic carbocycles. The smallest absolute Gasteiger partial charge is 0.295 e. The monoisotopic (exact) mass is 510 g/mol. The quantitative estimate of drug-likeness (QED) is 0.317. The minimum Gasteiger partial charge on any atom is -0.507 e. The van der Waals surface area contributed by atoms with Crippen molar-refractivity contribution < 1.29 is 34.0 Å². The van der Waals surface area contributed by atoms with Gasteiger partial charge >= 0.3 is 0 Å². The first-order chi connectivity index (χ1) is 17.7. The maximum atomic E-state index is 13.3. The molecule has 0 bridgehead atoms. The van der Waals surface area contributed by atoms with Crippen LogP contribution in [0.4, 0.5) is 0 Å². The zero-order chi connectivity index (χ0) is 26.7. The first kappa shape index (κ1) is 26.5. The number of methoxy groups -OCH3 is 1. The fourth-order valence-electron chi connectivity index (χ4n) is 4.73. The van der Waals surface area contributed by atoms with Gasteiger partial charge in [0.05, 0.1) is 38.0 Å². The Balaban J connectivity index is 1.76. The molecule has 2 N–H and O–H groups in total. The number of carbonyl (C=O) groups excluding carboxylic acids is 2. The van der Waals surface area contributed by atoms with E-state index < -0.39 is 17.7 Å². The summed E-state index contributed by atoms with van der Waals surface area (Å²) in [5.41, 5.74) is 1.75. The van der Waals surface area contributed by atoms with E-state index in [9.17, 15) is 19.8 Å². The molecule has 0 unspecified atom stereocenters. The van der Waals surface area contributed by atoms with Crippen LogP contribution < -0.4 is 9.47 Å². The lowest BCUT2D eigenvalue weighted by atomic mass is 9.94. The average molecular weight is 511 g/mol. The number of hydrogen-bond acceptors (Lipinski definition) is 8. The van der Waals surface area contributed by atoms with Gasteiger partial charge in [0.15, 0.2) is 11.5 Å². The molecule has 37 heavy (non-hydrogen) atoms. The highest BCUT2D eigenvalue weighted by atomic mass is 16.5. The van der Waals surface area contributed by atoms with E-state index in [0.29, 0.717) is 36.6 Å². The van der Waals surface area contributed by atoms with E-state index in [1.165, 1.54) is 18.1 Å². The van der Waals surface area contributed by atoms with E-state index in [-0.39, 0.29) is 35.5 Å². The molecule has 2 aliphatic rings. The van der Waals surface area contributed by atoms with Crippen LogP contribution in [0.5, 0.6) is 17.2 Å². The van der Waals surface area contributed by atoms with Crippen molar-refractivity contribution in [2.24, 2.45) is 0 Å². The van der Waals surface area contributed by atoms with Crippen LogP contribution in [0.2, 0.25) is 0 Å². The van der Waals surface area contributed by atoms with Crippen molar-refractivity contribution in [1.82, 2.24) is 9.80 Å². The summed E-state index contributed by atoms with van der Waals surface area (Å²) in [5.74, 6) is -0.865. The lowest BCUT2D eigenvalue weighted by Crippen LogP contribution is -2.42. The Kier molecular flexibility index (Phi) is 8.04. The number of aliphatic hydroxyl groups excluding tert-OH is 1. The summed E-state index contributed by atoms with van der Waals surface area (Å²) in [5, 5.41) is 21.5. The van der Waals surface area contributed by atoms with Crippen molar-refractivity contribution in [3.8, 4) is 17.2 Å². The van der Waals surface area contributed by atoms with Gasteiger partial charge in [-0.1, -0.05) is 6.07 Å². The molecule has 2 saturated heterocycles. The molecule has 0 spiro atoms. The summed E-state index contributed by atoms with van der Waals surface area (Å²) < 4.78 is 16.5. The molecule has 2 heterocycles. The maximum absolute atomic E-state index is 13.3. The van der Waals surface area contributed by atoms with E-state index in [1.807, 2.05) is 20.8 Å². The molecule has 2 aliphatic heterocycles. The number of morpholine rings is 1. The second kappa shape index (κ2) is 11.2. The lowest BCUT2D eigenvalue weighted by Gasteiger charge is -2.31. The number of Topliss-reactive ketones (excluding diaryl/α,β-unsaturated/α-hetero) is 1. The van der Waals surface area contributed by atoms with E-state index in [0.717, 1.165) is 18.7 Å². The molecule has 9 nitrogen and oxygen atoms in total. The summed E-state index contributed by atoms with van der Waals surface area (Å²) >= 11 is 0. The molecule has 1 atom stereocenters. The van der Waals surface area contributed by atoms with Crippen molar-refractivity contribution in [2.45, 2.75) is 32.9 Å². The van der Waals surface area contributed by atoms with Crippen LogP contribution in [0.15, 0.2) is 42.0 Å². The first-order valence-corrected chi connectivity index (χ1v) is 12.4. The molecule has 9 heteroatoms. The van der Waals surface area contributed by atoms with Crippen molar-refractivity contribution >= 4 is 17.4 Å². The Labute approximate surface area is 216 Å². The number of ether oxygens (including phenoxy) is 3. The zero-order valence-corrected chi connectivity index (χ0v) is 21.7. The van der Waals surface area contributed by atoms with Crippen molar-refractivity contribution in [3.05, 3.63) is 58.7 Å². The Morgan fingerprint density at radius 1 is 1.08 bits per heavy atom. The number of benzene rings is 2. The summed E-state index contributed by atoms with van der Waals surface area (Å²) in [6.45, 7) is 9.28. The number of phenolic OH excluding ortho intramolecular Hbond substituents is 1. The molecule has 4 rings (SSSR count). The summed E-state index contributed by atoms with van der Waals surface area (Å²) in [4.78, 5) is 30.3. The topological polar surface area (TPSA) is 109 Å². The Morgan fingerprint density at radius 3 is 2.46 bits per heavy atom. The van der Waals surface area contributed by atoms with Crippen LogP contribution in [0.3, 0.4) is 0 Å². The summed E-state index contributed by atoms with van der Waals surface area (Å²) in [6, 6.07) is 9.00. The number of nitrogens with zero attached hydrogens (tertiary/aromatic N) is 2. The van der Waals surface area contributed by atoms with Gasteiger partial charge in [0.2, 0.25) is 0 Å². The number of amides is 1. The van der Waals surface area contributed by atoms with E-state index in [1.54, 1.807) is 30.3 Å². The second-order valence-electron chi connectivity index (χ2n) is 9.52. The minimum atomic E-state index is -0.845. The number of aromatic hydroxyl groups is 1. The van der Waals surface area contributed by atoms with Gasteiger partial charge in [0.1, 0.15) is 11.5 Å². The standard InChI is InChI=1S/C28H34N2O7/c1-17(2)37-22-8-6-20(15-18(22)3)26(32)24-25(19-5-7-21(31)23(16-19)35-4)30(28(34)27(24)33)10-9-29-11-13-36-14-12-29/h5-8,15-17,25,31-32H,9-14H2,1-4H3/t25-/m1/s1. The van der Waals surface area contributed by atoms with E-state index in [2.05, 4.69) is 4.90 Å². The second-order valence-corrected chi connectivity index (χ2v) is 9.52. The van der Waals surface area contributed by atoms with E-state index in [4.69, 9.17) is 14.2 Å². The third-order valence-electron chi connectivity index (χ3n) is 6.63. The third-order valence-corrected chi connectivity index (χ3v) is 6.63. The van der Waals surface area contributed by atoms with Gasteiger partial charge < -0.3 is 29.3 Å². The van der Waals surface area contributed by atoms with Gasteiger partial charge in [-0.3, -0.25) is 14.5 Å². The van der Waals surface area contributed by atoms with Gasteiger partial charge in [-0.25, -0.2) is 0 Å². The van der Waals surface area contributed by atoms with Crippen LogP contribution in [0.1, 0.15) is 36.6 Å². The Bertz CT molecular complexity index is 1200. The van der Waals surface area contributed by atoms with Crippen LogP contribution in [0, 0.1) is 6.92 Å². The number of rotatable bonds is 8. The maximum Gasteiger partial charge on any atom is 0.295 e. The molecule has 198 valence electrons. The predicted molar refractivity (Wildman–Crippen MR) is 138 cm³/mol. The minimum absolute atomic E-state index is 0.00310. The fraction of sp³-hybridized carbons (Fsp3) is 0.429. The summed E-state index contributed by atoms with van der Waals surface area (Å²) in [7, 11) is 1.43.